The van der Waals surface area contributed by atoms with Gasteiger partial charge in [0, 0.05) is 19.1 Å². The maximum Gasteiger partial charge on any atom is 0.0732 e. The van der Waals surface area contributed by atoms with Crippen LogP contribution in [0.3, 0.4) is 0 Å². The summed E-state index contributed by atoms with van der Waals surface area (Å²) in [5, 5.41) is 10.7. The van der Waals surface area contributed by atoms with E-state index < -0.39 is 6.10 Å². The minimum absolute atomic E-state index is 0.0865. The van der Waals surface area contributed by atoms with Crippen LogP contribution in [0.15, 0.2) is 73.3 Å². The molecule has 2 nitrogen and oxygen atoms in total. The van der Waals surface area contributed by atoms with E-state index in [4.69, 9.17) is 0 Å². The molecule has 128 valence electrons. The molecule has 0 saturated heterocycles. The second-order valence-corrected chi connectivity index (χ2v) is 6.70. The van der Waals surface area contributed by atoms with Crippen molar-refractivity contribution in [2.75, 3.05) is 0 Å². The number of hydrogen-bond donors (Lipinski definition) is 1. The van der Waals surface area contributed by atoms with E-state index in [1.807, 2.05) is 18.2 Å². The standard InChI is InChI=1S/C22H29NO/c1-4-11-21(24)22(18(2)3)23(16-19-12-7-5-8-13-19)17-20-14-9-6-10-15-20/h4-10,12-15,18,21-22,24H,1,11,16-17H2,2-3H3. The molecule has 24 heavy (non-hydrogen) atoms. The molecule has 2 unspecified atom stereocenters. The summed E-state index contributed by atoms with van der Waals surface area (Å²) >= 11 is 0. The molecule has 0 spiro atoms. The van der Waals surface area contributed by atoms with Crippen molar-refractivity contribution in [2.45, 2.75) is 45.5 Å². The van der Waals surface area contributed by atoms with Crippen molar-refractivity contribution in [3.63, 3.8) is 0 Å². The summed E-state index contributed by atoms with van der Waals surface area (Å²) in [4.78, 5) is 2.39. The third kappa shape index (κ3) is 5.33. The lowest BCUT2D eigenvalue weighted by Crippen LogP contribution is -2.46. The minimum atomic E-state index is -0.407. The van der Waals surface area contributed by atoms with Gasteiger partial charge in [-0.2, -0.15) is 0 Å². The molecular weight excluding hydrogens is 294 g/mol. The molecule has 0 aliphatic heterocycles. The Morgan fingerprint density at radius 1 is 0.917 bits per heavy atom. The molecule has 2 aromatic carbocycles. The summed E-state index contributed by atoms with van der Waals surface area (Å²) in [6.07, 6.45) is 2.02. The Morgan fingerprint density at radius 3 is 1.75 bits per heavy atom. The summed E-state index contributed by atoms with van der Waals surface area (Å²) < 4.78 is 0. The quantitative estimate of drug-likeness (QED) is 0.679. The van der Waals surface area contributed by atoms with Crippen LogP contribution in [0.4, 0.5) is 0 Å². The normalized spacial score (nSPS) is 13.9. The lowest BCUT2D eigenvalue weighted by Gasteiger charge is -2.37. The molecule has 1 N–H and O–H groups in total. The maximum absolute atomic E-state index is 10.7. The van der Waals surface area contributed by atoms with Crippen molar-refractivity contribution < 1.29 is 5.11 Å². The van der Waals surface area contributed by atoms with Crippen molar-refractivity contribution in [2.24, 2.45) is 5.92 Å². The molecule has 2 aromatic rings. The van der Waals surface area contributed by atoms with Gasteiger partial charge >= 0.3 is 0 Å². The van der Waals surface area contributed by atoms with Crippen LogP contribution >= 0.6 is 0 Å². The molecule has 2 atom stereocenters. The van der Waals surface area contributed by atoms with Gasteiger partial charge in [0.25, 0.3) is 0 Å². The van der Waals surface area contributed by atoms with Crippen molar-refractivity contribution in [3.05, 3.63) is 84.4 Å². The first-order chi connectivity index (χ1) is 11.6. The summed E-state index contributed by atoms with van der Waals surface area (Å²) in [6.45, 7) is 9.80. The summed E-state index contributed by atoms with van der Waals surface area (Å²) in [5.41, 5.74) is 2.54. The van der Waals surface area contributed by atoms with E-state index in [9.17, 15) is 5.11 Å². The summed E-state index contributed by atoms with van der Waals surface area (Å²) in [6, 6.07) is 21.0. The fourth-order valence-electron chi connectivity index (χ4n) is 3.32. The number of benzene rings is 2. The van der Waals surface area contributed by atoms with Gasteiger partial charge in [0.15, 0.2) is 0 Å². The first-order valence-corrected chi connectivity index (χ1v) is 8.72. The van der Waals surface area contributed by atoms with Gasteiger partial charge in [-0.15, -0.1) is 6.58 Å². The average Bonchev–Trinajstić information content (AvgIpc) is 2.56. The molecule has 0 fully saturated rings. The van der Waals surface area contributed by atoms with Crippen molar-refractivity contribution in [1.29, 1.82) is 0 Å². The van der Waals surface area contributed by atoms with Crippen LogP contribution in [0.2, 0.25) is 0 Å². The second kappa shape index (κ2) is 9.41. The summed E-state index contributed by atoms with van der Waals surface area (Å²) in [7, 11) is 0. The van der Waals surface area contributed by atoms with E-state index in [2.05, 4.69) is 73.9 Å². The highest BCUT2D eigenvalue weighted by atomic mass is 16.3. The van der Waals surface area contributed by atoms with Crippen LogP contribution in [0.5, 0.6) is 0 Å². The lowest BCUT2D eigenvalue weighted by atomic mass is 9.93. The third-order valence-corrected chi connectivity index (χ3v) is 4.36. The molecule has 0 aromatic heterocycles. The largest absolute Gasteiger partial charge is 0.391 e. The topological polar surface area (TPSA) is 23.5 Å². The van der Waals surface area contributed by atoms with Crippen LogP contribution in [0, 0.1) is 5.92 Å². The number of rotatable bonds is 9. The smallest absolute Gasteiger partial charge is 0.0732 e. The fraction of sp³-hybridized carbons (Fsp3) is 0.364. The molecule has 0 amide bonds. The zero-order valence-corrected chi connectivity index (χ0v) is 14.8. The highest BCUT2D eigenvalue weighted by molar-refractivity contribution is 5.17. The van der Waals surface area contributed by atoms with Gasteiger partial charge in [0.2, 0.25) is 0 Å². The Balaban J connectivity index is 2.26. The molecule has 2 heteroatoms. The van der Waals surface area contributed by atoms with Gasteiger partial charge in [0.1, 0.15) is 0 Å². The van der Waals surface area contributed by atoms with E-state index in [0.717, 1.165) is 13.1 Å². The number of aliphatic hydroxyl groups is 1. The molecule has 0 heterocycles. The first kappa shape index (κ1) is 18.4. The van der Waals surface area contributed by atoms with E-state index in [0.29, 0.717) is 12.3 Å². The molecule has 0 saturated carbocycles. The Kier molecular flexibility index (Phi) is 7.23. The Morgan fingerprint density at radius 2 is 1.38 bits per heavy atom. The Bertz CT molecular complexity index is 552. The van der Waals surface area contributed by atoms with Crippen molar-refractivity contribution >= 4 is 0 Å². The lowest BCUT2D eigenvalue weighted by molar-refractivity contribution is 0.0160. The van der Waals surface area contributed by atoms with Crippen LogP contribution in [-0.4, -0.2) is 22.2 Å². The van der Waals surface area contributed by atoms with Gasteiger partial charge < -0.3 is 5.11 Å². The van der Waals surface area contributed by atoms with Gasteiger partial charge in [-0.1, -0.05) is 80.6 Å². The zero-order chi connectivity index (χ0) is 17.4. The fourth-order valence-corrected chi connectivity index (χ4v) is 3.32. The highest BCUT2D eigenvalue weighted by Gasteiger charge is 2.28. The van der Waals surface area contributed by atoms with Crippen molar-refractivity contribution in [1.82, 2.24) is 4.90 Å². The molecule has 0 aliphatic carbocycles. The molecular formula is C22H29NO. The highest BCUT2D eigenvalue weighted by Crippen LogP contribution is 2.22. The SMILES string of the molecule is C=CCC(O)C(C(C)C)N(Cc1ccccc1)Cc1ccccc1. The average molecular weight is 323 g/mol. The minimum Gasteiger partial charge on any atom is -0.391 e. The van der Waals surface area contributed by atoms with E-state index in [-0.39, 0.29) is 6.04 Å². The van der Waals surface area contributed by atoms with Gasteiger partial charge in [-0.25, -0.2) is 0 Å². The van der Waals surface area contributed by atoms with Gasteiger partial charge in [-0.05, 0) is 23.5 Å². The monoisotopic (exact) mass is 323 g/mol. The number of hydrogen-bond acceptors (Lipinski definition) is 2. The second-order valence-electron chi connectivity index (χ2n) is 6.70. The Labute approximate surface area is 146 Å². The molecule has 0 radical (unpaired) electrons. The van der Waals surface area contributed by atoms with Crippen LogP contribution in [0.1, 0.15) is 31.4 Å². The van der Waals surface area contributed by atoms with Crippen LogP contribution < -0.4 is 0 Å². The van der Waals surface area contributed by atoms with E-state index >= 15 is 0 Å². The molecule has 2 rings (SSSR count). The molecule has 0 aliphatic rings. The van der Waals surface area contributed by atoms with Gasteiger partial charge in [-0.3, -0.25) is 4.90 Å². The number of aliphatic hydroxyl groups excluding tert-OH is 1. The van der Waals surface area contributed by atoms with Crippen LogP contribution in [0.25, 0.3) is 0 Å². The van der Waals surface area contributed by atoms with Crippen LogP contribution in [-0.2, 0) is 13.1 Å². The van der Waals surface area contributed by atoms with E-state index in [1.165, 1.54) is 11.1 Å². The molecule has 0 bridgehead atoms. The third-order valence-electron chi connectivity index (χ3n) is 4.36. The van der Waals surface area contributed by atoms with Gasteiger partial charge in [0.05, 0.1) is 6.10 Å². The number of nitrogens with zero attached hydrogens (tertiary/aromatic N) is 1. The first-order valence-electron chi connectivity index (χ1n) is 8.72. The Hall–Kier alpha value is -1.90. The summed E-state index contributed by atoms with van der Waals surface area (Å²) in [5.74, 6) is 0.354. The maximum atomic E-state index is 10.7. The predicted octanol–water partition coefficient (Wildman–Crippen LogP) is 4.65. The van der Waals surface area contributed by atoms with Crippen molar-refractivity contribution in [3.8, 4) is 0 Å². The van der Waals surface area contributed by atoms with E-state index in [1.54, 1.807) is 0 Å². The zero-order valence-electron chi connectivity index (χ0n) is 14.8. The predicted molar refractivity (Wildman–Crippen MR) is 102 cm³/mol.